The van der Waals surface area contributed by atoms with Gasteiger partial charge in [-0.25, -0.2) is 0 Å². The summed E-state index contributed by atoms with van der Waals surface area (Å²) in [5.41, 5.74) is 1.86. The Morgan fingerprint density at radius 1 is 0.926 bits per heavy atom. The molecule has 138 valence electrons. The number of pyridine rings is 1. The van der Waals surface area contributed by atoms with Crippen LogP contribution in [0.3, 0.4) is 0 Å². The molecule has 0 radical (unpaired) electrons. The van der Waals surface area contributed by atoms with E-state index in [0.717, 1.165) is 11.1 Å². The summed E-state index contributed by atoms with van der Waals surface area (Å²) in [5.74, 6) is -0.0100. The zero-order chi connectivity index (χ0) is 19.2. The molecule has 0 aliphatic carbocycles. The zero-order valence-corrected chi connectivity index (χ0v) is 16.3. The lowest BCUT2D eigenvalue weighted by Gasteiger charge is -2.20. The quantitative estimate of drug-likeness (QED) is 0.548. The van der Waals surface area contributed by atoms with Gasteiger partial charge in [0.2, 0.25) is 0 Å². The number of aromatic nitrogens is 1. The number of ether oxygens (including phenoxy) is 1. The Hall–Kier alpha value is -2.27. The number of hydrogen-bond acceptors (Lipinski definition) is 3. The topological polar surface area (TPSA) is 51.2 Å². The van der Waals surface area contributed by atoms with Gasteiger partial charge in [-0.15, -0.1) is 0 Å². The lowest BCUT2D eigenvalue weighted by molar-refractivity contribution is -0.123. The highest BCUT2D eigenvalue weighted by Gasteiger charge is 2.17. The van der Waals surface area contributed by atoms with Crippen LogP contribution in [0.5, 0.6) is 5.75 Å². The van der Waals surface area contributed by atoms with Crippen molar-refractivity contribution < 1.29 is 9.53 Å². The predicted octanol–water partition coefficient (Wildman–Crippen LogP) is 5.33. The third-order valence-corrected chi connectivity index (χ3v) is 4.83. The summed E-state index contributed by atoms with van der Waals surface area (Å²) in [6.45, 7) is -0.216. The van der Waals surface area contributed by atoms with Gasteiger partial charge in [0.05, 0.1) is 21.1 Å². The Balaban J connectivity index is 1.73. The minimum Gasteiger partial charge on any atom is -0.482 e. The number of rotatable bonds is 6. The second-order valence-corrected chi connectivity index (χ2v) is 6.90. The third kappa shape index (κ3) is 5.13. The van der Waals surface area contributed by atoms with Crippen LogP contribution in [0.2, 0.25) is 15.1 Å². The van der Waals surface area contributed by atoms with E-state index < -0.39 is 0 Å². The summed E-state index contributed by atoms with van der Waals surface area (Å²) in [4.78, 5) is 16.5. The van der Waals surface area contributed by atoms with Crippen LogP contribution in [-0.4, -0.2) is 17.5 Å². The molecule has 3 aromatic rings. The number of nitrogens with zero attached hydrogens (tertiary/aromatic N) is 1. The first kappa shape index (κ1) is 19.5. The molecule has 2 aromatic carbocycles. The third-order valence-electron chi connectivity index (χ3n) is 3.81. The maximum absolute atomic E-state index is 12.5. The van der Waals surface area contributed by atoms with E-state index in [1.165, 1.54) is 12.1 Å². The SMILES string of the molecule is O=C(COc1cc(Cl)c(Cl)cc1Cl)NC(c1ccccc1)c1ccncc1. The number of carbonyl (C=O) groups is 1. The molecule has 0 bridgehead atoms. The molecule has 1 amide bonds. The largest absolute Gasteiger partial charge is 0.482 e. The van der Waals surface area contributed by atoms with E-state index in [-0.39, 0.29) is 23.6 Å². The molecule has 0 spiro atoms. The van der Waals surface area contributed by atoms with E-state index in [9.17, 15) is 4.79 Å². The second-order valence-electron chi connectivity index (χ2n) is 5.68. The summed E-state index contributed by atoms with van der Waals surface area (Å²) >= 11 is 17.9. The van der Waals surface area contributed by atoms with E-state index in [1.807, 2.05) is 42.5 Å². The Morgan fingerprint density at radius 3 is 2.26 bits per heavy atom. The van der Waals surface area contributed by atoms with Gasteiger partial charge in [-0.05, 0) is 29.3 Å². The highest BCUT2D eigenvalue weighted by Crippen LogP contribution is 2.33. The molecule has 1 unspecified atom stereocenters. The molecule has 1 N–H and O–H groups in total. The smallest absolute Gasteiger partial charge is 0.258 e. The van der Waals surface area contributed by atoms with Crippen LogP contribution in [0, 0.1) is 0 Å². The van der Waals surface area contributed by atoms with Gasteiger partial charge in [0, 0.05) is 18.5 Å². The van der Waals surface area contributed by atoms with Gasteiger partial charge in [0.25, 0.3) is 5.91 Å². The Morgan fingerprint density at radius 2 is 1.56 bits per heavy atom. The number of halogens is 3. The molecule has 7 heteroatoms. The van der Waals surface area contributed by atoms with Crippen molar-refractivity contribution in [1.29, 1.82) is 0 Å². The molecule has 27 heavy (non-hydrogen) atoms. The first-order chi connectivity index (χ1) is 13.0. The van der Waals surface area contributed by atoms with E-state index in [0.29, 0.717) is 15.8 Å². The van der Waals surface area contributed by atoms with Gasteiger partial charge < -0.3 is 10.1 Å². The molecular formula is C20H15Cl3N2O2. The monoisotopic (exact) mass is 420 g/mol. The molecule has 0 fully saturated rings. The normalized spacial score (nSPS) is 11.7. The van der Waals surface area contributed by atoms with E-state index in [2.05, 4.69) is 10.3 Å². The lowest BCUT2D eigenvalue weighted by Crippen LogP contribution is -2.33. The van der Waals surface area contributed by atoms with E-state index in [4.69, 9.17) is 39.5 Å². The number of hydrogen-bond donors (Lipinski definition) is 1. The lowest BCUT2D eigenvalue weighted by atomic mass is 10.00. The predicted molar refractivity (Wildman–Crippen MR) is 108 cm³/mol. The molecule has 0 saturated heterocycles. The number of benzene rings is 2. The fourth-order valence-electron chi connectivity index (χ4n) is 2.52. The van der Waals surface area contributed by atoms with Gasteiger partial charge >= 0.3 is 0 Å². The summed E-state index contributed by atoms with van der Waals surface area (Å²) in [5, 5.41) is 3.88. The van der Waals surface area contributed by atoms with Crippen molar-refractivity contribution in [3.05, 3.63) is 93.2 Å². The standard InChI is InChI=1S/C20H15Cl3N2O2/c21-15-10-17(23)18(11-16(15)22)27-12-19(26)25-20(13-4-2-1-3-5-13)14-6-8-24-9-7-14/h1-11,20H,12H2,(H,25,26). The molecule has 1 atom stereocenters. The van der Waals surface area contributed by atoms with Crippen LogP contribution in [-0.2, 0) is 4.79 Å². The van der Waals surface area contributed by atoms with Crippen molar-refractivity contribution in [3.63, 3.8) is 0 Å². The van der Waals surface area contributed by atoms with Crippen LogP contribution in [0.1, 0.15) is 17.2 Å². The van der Waals surface area contributed by atoms with Crippen molar-refractivity contribution in [2.75, 3.05) is 6.61 Å². The summed E-state index contributed by atoms with van der Waals surface area (Å²) in [6, 6.07) is 16.0. The average molecular weight is 422 g/mol. The maximum atomic E-state index is 12.5. The molecule has 1 heterocycles. The minimum atomic E-state index is -0.324. The van der Waals surface area contributed by atoms with Crippen molar-refractivity contribution in [3.8, 4) is 5.75 Å². The number of nitrogens with one attached hydrogen (secondary N) is 1. The van der Waals surface area contributed by atoms with Crippen LogP contribution in [0.25, 0.3) is 0 Å². The summed E-state index contributed by atoms with van der Waals surface area (Å²) in [7, 11) is 0. The molecule has 0 aliphatic heterocycles. The van der Waals surface area contributed by atoms with Crippen molar-refractivity contribution in [2.24, 2.45) is 0 Å². The van der Waals surface area contributed by atoms with Crippen LogP contribution >= 0.6 is 34.8 Å². The Labute approximate surface area is 172 Å². The fraction of sp³-hybridized carbons (Fsp3) is 0.100. The highest BCUT2D eigenvalue weighted by atomic mass is 35.5. The fourth-order valence-corrected chi connectivity index (χ4v) is 3.11. The first-order valence-corrected chi connectivity index (χ1v) is 9.19. The summed E-state index contributed by atoms with van der Waals surface area (Å²) < 4.78 is 5.51. The molecule has 4 nitrogen and oxygen atoms in total. The molecule has 0 aliphatic rings. The number of amides is 1. The van der Waals surface area contributed by atoms with E-state index >= 15 is 0 Å². The van der Waals surface area contributed by atoms with Crippen LogP contribution in [0.4, 0.5) is 0 Å². The number of carbonyl (C=O) groups excluding carboxylic acids is 1. The van der Waals surface area contributed by atoms with Crippen molar-refractivity contribution >= 4 is 40.7 Å². The van der Waals surface area contributed by atoms with Gasteiger partial charge in [-0.2, -0.15) is 0 Å². The van der Waals surface area contributed by atoms with E-state index in [1.54, 1.807) is 12.4 Å². The zero-order valence-electron chi connectivity index (χ0n) is 14.0. The highest BCUT2D eigenvalue weighted by molar-refractivity contribution is 6.43. The molecule has 0 saturated carbocycles. The molecular weight excluding hydrogens is 407 g/mol. The van der Waals surface area contributed by atoms with Crippen molar-refractivity contribution in [1.82, 2.24) is 10.3 Å². The van der Waals surface area contributed by atoms with Crippen molar-refractivity contribution in [2.45, 2.75) is 6.04 Å². The minimum absolute atomic E-state index is 0.216. The summed E-state index contributed by atoms with van der Waals surface area (Å²) in [6.07, 6.45) is 3.37. The van der Waals surface area contributed by atoms with Gasteiger partial charge in [0.15, 0.2) is 6.61 Å². The Bertz CT molecular complexity index is 882. The average Bonchev–Trinajstić information content (AvgIpc) is 2.69. The maximum Gasteiger partial charge on any atom is 0.258 e. The van der Waals surface area contributed by atoms with Crippen LogP contribution in [0.15, 0.2) is 67.0 Å². The van der Waals surface area contributed by atoms with Gasteiger partial charge in [0.1, 0.15) is 5.75 Å². The first-order valence-electron chi connectivity index (χ1n) is 8.06. The van der Waals surface area contributed by atoms with Gasteiger partial charge in [-0.3, -0.25) is 9.78 Å². The Kier molecular flexibility index (Phi) is 6.56. The van der Waals surface area contributed by atoms with Gasteiger partial charge in [-0.1, -0.05) is 65.1 Å². The molecule has 3 rings (SSSR count). The molecule has 1 aromatic heterocycles. The second kappa shape index (κ2) is 9.09. The van der Waals surface area contributed by atoms with Crippen LogP contribution < -0.4 is 10.1 Å².